The fourth-order valence-corrected chi connectivity index (χ4v) is 4.28. The number of alkyl halides is 3. The van der Waals surface area contributed by atoms with Gasteiger partial charge in [-0.15, -0.1) is 0 Å². The predicted octanol–water partition coefficient (Wildman–Crippen LogP) is 2.00. The third kappa shape index (κ3) is 4.47. The van der Waals surface area contributed by atoms with E-state index in [9.17, 15) is 21.6 Å². The smallest absolute Gasteiger partial charge is 0.384 e. The van der Waals surface area contributed by atoms with Gasteiger partial charge in [-0.1, -0.05) is 12.1 Å². The van der Waals surface area contributed by atoms with E-state index in [1.165, 1.54) is 19.2 Å². The van der Waals surface area contributed by atoms with Gasteiger partial charge in [-0.25, -0.2) is 13.1 Å². The Hall–Kier alpha value is -1.16. The van der Waals surface area contributed by atoms with Crippen LogP contribution in [0.3, 0.4) is 0 Å². The number of benzene rings is 1. The topological polar surface area (TPSA) is 67.4 Å². The molecule has 0 aromatic heterocycles. The number of hydrogen-bond acceptors (Lipinski definition) is 4. The van der Waals surface area contributed by atoms with Crippen LogP contribution in [0, 0.1) is 5.41 Å². The molecule has 0 radical (unpaired) electrons. The number of ether oxygens (including phenoxy) is 1. The highest BCUT2D eigenvalue weighted by molar-refractivity contribution is 7.89. The molecular weight excluding hydrogens is 345 g/mol. The Kier molecular flexibility index (Phi) is 5.90. The van der Waals surface area contributed by atoms with Crippen molar-refractivity contribution < 1.29 is 26.3 Å². The number of hydrogen-bond donors (Lipinski definition) is 2. The molecule has 1 saturated heterocycles. The Morgan fingerprint density at radius 2 is 1.88 bits per heavy atom. The lowest BCUT2D eigenvalue weighted by Crippen LogP contribution is -2.47. The van der Waals surface area contributed by atoms with E-state index in [0.29, 0.717) is 32.5 Å². The van der Waals surface area contributed by atoms with Crippen molar-refractivity contribution in [3.63, 3.8) is 0 Å². The van der Waals surface area contributed by atoms with Crippen LogP contribution in [0.1, 0.15) is 18.4 Å². The Labute approximate surface area is 139 Å². The first-order valence-corrected chi connectivity index (χ1v) is 9.04. The lowest BCUT2D eigenvalue weighted by Gasteiger charge is -2.37. The molecule has 2 N–H and O–H groups in total. The van der Waals surface area contributed by atoms with Gasteiger partial charge in [-0.3, -0.25) is 0 Å². The van der Waals surface area contributed by atoms with E-state index >= 15 is 0 Å². The van der Waals surface area contributed by atoms with Crippen molar-refractivity contribution in [1.29, 1.82) is 0 Å². The van der Waals surface area contributed by atoms with Crippen LogP contribution < -0.4 is 10.0 Å². The number of methoxy groups -OCH3 is 1. The zero-order valence-corrected chi connectivity index (χ0v) is 14.1. The van der Waals surface area contributed by atoms with Crippen LogP contribution in [0.4, 0.5) is 13.2 Å². The summed E-state index contributed by atoms with van der Waals surface area (Å²) in [6.45, 7) is 1.81. The number of halogens is 3. The predicted molar refractivity (Wildman–Crippen MR) is 83.0 cm³/mol. The normalized spacial score (nSPS) is 18.5. The summed E-state index contributed by atoms with van der Waals surface area (Å²) in [6.07, 6.45) is -3.36. The Bertz CT molecular complexity index is 651. The summed E-state index contributed by atoms with van der Waals surface area (Å²) in [5.74, 6) is 0. The number of nitrogens with one attached hydrogen (secondary N) is 2. The van der Waals surface area contributed by atoms with Crippen LogP contribution >= 0.6 is 0 Å². The summed E-state index contributed by atoms with van der Waals surface area (Å²) >= 11 is 0. The van der Waals surface area contributed by atoms with E-state index < -0.39 is 32.1 Å². The minimum atomic E-state index is -4.73. The van der Waals surface area contributed by atoms with Crippen LogP contribution in [0.5, 0.6) is 0 Å². The first-order valence-electron chi connectivity index (χ1n) is 7.56. The fraction of sp³-hybridized carbons (Fsp3) is 0.600. The molecule has 1 heterocycles. The summed E-state index contributed by atoms with van der Waals surface area (Å²) in [5, 5.41) is 3.17. The molecule has 1 fully saturated rings. The zero-order chi connectivity index (χ0) is 17.8. The van der Waals surface area contributed by atoms with Gasteiger partial charge in [0.25, 0.3) is 0 Å². The molecule has 0 amide bonds. The third-order valence-corrected chi connectivity index (χ3v) is 5.69. The molecule has 5 nitrogen and oxygen atoms in total. The van der Waals surface area contributed by atoms with Crippen molar-refractivity contribution in [3.8, 4) is 0 Å². The average molecular weight is 366 g/mol. The molecule has 1 aliphatic rings. The van der Waals surface area contributed by atoms with Crippen LogP contribution in [-0.2, 0) is 20.9 Å². The second-order valence-corrected chi connectivity index (χ2v) is 7.74. The molecule has 0 spiro atoms. The Morgan fingerprint density at radius 1 is 1.25 bits per heavy atom. The molecule has 1 aromatic rings. The lowest BCUT2D eigenvalue weighted by molar-refractivity contribution is -0.139. The largest absolute Gasteiger partial charge is 0.417 e. The van der Waals surface area contributed by atoms with Gasteiger partial charge in [-0.2, -0.15) is 13.2 Å². The van der Waals surface area contributed by atoms with Gasteiger partial charge in [0.15, 0.2) is 0 Å². The van der Waals surface area contributed by atoms with Gasteiger partial charge < -0.3 is 10.1 Å². The SMILES string of the molecule is COCC1(CNS(=O)(=O)c2ccccc2C(F)(F)F)CCNCC1. The first kappa shape index (κ1) is 19.2. The molecular formula is C15H21F3N2O3S. The molecule has 1 aliphatic heterocycles. The van der Waals surface area contributed by atoms with E-state index in [1.54, 1.807) is 0 Å². The first-order chi connectivity index (χ1) is 11.2. The highest BCUT2D eigenvalue weighted by Crippen LogP contribution is 2.34. The summed E-state index contributed by atoms with van der Waals surface area (Å²) in [6, 6.07) is 4.18. The molecule has 0 bridgehead atoms. The number of rotatable bonds is 6. The van der Waals surface area contributed by atoms with Gasteiger partial charge in [0, 0.05) is 19.1 Å². The second-order valence-electron chi connectivity index (χ2n) is 6.00. The monoisotopic (exact) mass is 366 g/mol. The highest BCUT2D eigenvalue weighted by atomic mass is 32.2. The summed E-state index contributed by atoms with van der Waals surface area (Å²) in [5.41, 5.74) is -1.58. The van der Waals surface area contributed by atoms with Crippen molar-refractivity contribution in [1.82, 2.24) is 10.0 Å². The molecule has 2 rings (SSSR count). The number of sulfonamides is 1. The maximum atomic E-state index is 13.0. The molecule has 24 heavy (non-hydrogen) atoms. The zero-order valence-electron chi connectivity index (χ0n) is 13.3. The van der Waals surface area contributed by atoms with Crippen LogP contribution in [0.2, 0.25) is 0 Å². The maximum absolute atomic E-state index is 13.0. The van der Waals surface area contributed by atoms with Gasteiger partial charge in [0.05, 0.1) is 17.1 Å². The van der Waals surface area contributed by atoms with E-state index in [-0.39, 0.29) is 6.54 Å². The van der Waals surface area contributed by atoms with Crippen molar-refractivity contribution in [2.75, 3.05) is 33.4 Å². The van der Waals surface area contributed by atoms with Crippen LogP contribution in [-0.4, -0.2) is 41.8 Å². The van der Waals surface area contributed by atoms with Crippen LogP contribution in [0.15, 0.2) is 29.2 Å². The summed E-state index contributed by atoms with van der Waals surface area (Å²) < 4.78 is 71.5. The Morgan fingerprint density at radius 3 is 2.46 bits per heavy atom. The quantitative estimate of drug-likeness (QED) is 0.808. The van der Waals surface area contributed by atoms with Gasteiger partial charge >= 0.3 is 6.18 Å². The maximum Gasteiger partial charge on any atom is 0.417 e. The van der Waals surface area contributed by atoms with E-state index in [1.807, 2.05) is 0 Å². The van der Waals surface area contributed by atoms with Crippen molar-refractivity contribution in [2.45, 2.75) is 23.9 Å². The molecule has 1 aromatic carbocycles. The Balaban J connectivity index is 2.23. The summed E-state index contributed by atoms with van der Waals surface area (Å²) in [7, 11) is -2.75. The highest BCUT2D eigenvalue weighted by Gasteiger charge is 2.38. The molecule has 9 heteroatoms. The average Bonchev–Trinajstić information content (AvgIpc) is 2.54. The molecule has 136 valence electrons. The fourth-order valence-electron chi connectivity index (χ4n) is 2.90. The summed E-state index contributed by atoms with van der Waals surface area (Å²) in [4.78, 5) is -0.751. The molecule has 0 aliphatic carbocycles. The molecule has 0 atom stereocenters. The molecule has 0 saturated carbocycles. The lowest BCUT2D eigenvalue weighted by atomic mass is 9.80. The number of piperidine rings is 1. The minimum Gasteiger partial charge on any atom is -0.384 e. The standard InChI is InChI=1S/C15H21F3N2O3S/c1-23-11-14(6-8-19-9-7-14)10-20-24(21,22)13-5-3-2-4-12(13)15(16,17)18/h2-5,19-20H,6-11H2,1H3. The van der Waals surface area contributed by atoms with Crippen molar-refractivity contribution in [3.05, 3.63) is 29.8 Å². The van der Waals surface area contributed by atoms with Gasteiger partial charge in [0.2, 0.25) is 10.0 Å². The van der Waals surface area contributed by atoms with Crippen molar-refractivity contribution >= 4 is 10.0 Å². The second kappa shape index (κ2) is 7.38. The van der Waals surface area contributed by atoms with Gasteiger partial charge in [-0.05, 0) is 38.1 Å². The van der Waals surface area contributed by atoms with E-state index in [2.05, 4.69) is 10.0 Å². The van der Waals surface area contributed by atoms with E-state index in [4.69, 9.17) is 4.74 Å². The van der Waals surface area contributed by atoms with E-state index in [0.717, 1.165) is 12.1 Å². The third-order valence-electron chi connectivity index (χ3n) is 4.23. The van der Waals surface area contributed by atoms with Crippen LogP contribution in [0.25, 0.3) is 0 Å². The minimum absolute atomic E-state index is 0.0387. The van der Waals surface area contributed by atoms with Gasteiger partial charge in [0.1, 0.15) is 0 Å². The van der Waals surface area contributed by atoms with Crippen molar-refractivity contribution in [2.24, 2.45) is 5.41 Å². The molecule has 0 unspecified atom stereocenters.